The average molecular weight is 367 g/mol. The van der Waals surface area contributed by atoms with Gasteiger partial charge in [0.05, 0.1) is 13.0 Å². The fraction of sp³-hybridized carbons (Fsp3) is 0.409. The molecule has 2 aromatic carbocycles. The van der Waals surface area contributed by atoms with Crippen LogP contribution in [0.15, 0.2) is 48.5 Å². The quantitative estimate of drug-likeness (QED) is 0.817. The lowest BCUT2D eigenvalue weighted by Gasteiger charge is -2.34. The minimum Gasteiger partial charge on any atom is -0.494 e. The van der Waals surface area contributed by atoms with Crippen molar-refractivity contribution in [3.05, 3.63) is 59.7 Å². The van der Waals surface area contributed by atoms with E-state index in [0.29, 0.717) is 19.6 Å². The van der Waals surface area contributed by atoms with Crippen LogP contribution in [0.4, 0.5) is 5.69 Å². The number of piperazine rings is 1. The van der Waals surface area contributed by atoms with Crippen LogP contribution in [0, 0.1) is 0 Å². The molecule has 1 fully saturated rings. The molecule has 27 heavy (non-hydrogen) atoms. The van der Waals surface area contributed by atoms with E-state index in [-0.39, 0.29) is 5.91 Å². The van der Waals surface area contributed by atoms with Crippen molar-refractivity contribution in [3.63, 3.8) is 0 Å². The lowest BCUT2D eigenvalue weighted by molar-refractivity contribution is -0.120. The number of rotatable bonds is 7. The van der Waals surface area contributed by atoms with Crippen LogP contribution in [0.2, 0.25) is 0 Å². The molecule has 0 bridgehead atoms. The minimum absolute atomic E-state index is 0.0299. The van der Waals surface area contributed by atoms with Gasteiger partial charge in [0.1, 0.15) is 5.75 Å². The highest BCUT2D eigenvalue weighted by Crippen LogP contribution is 2.17. The molecule has 1 heterocycles. The number of hydrogen-bond donors (Lipinski definition) is 1. The Kier molecular flexibility index (Phi) is 6.71. The summed E-state index contributed by atoms with van der Waals surface area (Å²) in [6, 6.07) is 16.2. The van der Waals surface area contributed by atoms with Crippen LogP contribution in [0.3, 0.4) is 0 Å². The Morgan fingerprint density at radius 1 is 0.963 bits per heavy atom. The fourth-order valence-corrected chi connectivity index (χ4v) is 3.21. The summed E-state index contributed by atoms with van der Waals surface area (Å²) in [5.41, 5.74) is 3.36. The number of anilines is 1. The largest absolute Gasteiger partial charge is 0.494 e. The zero-order valence-corrected chi connectivity index (χ0v) is 16.3. The Morgan fingerprint density at radius 2 is 1.59 bits per heavy atom. The molecule has 0 radical (unpaired) electrons. The van der Waals surface area contributed by atoms with Crippen molar-refractivity contribution in [2.45, 2.75) is 19.9 Å². The van der Waals surface area contributed by atoms with E-state index in [1.54, 1.807) is 0 Å². The van der Waals surface area contributed by atoms with Gasteiger partial charge in [0.25, 0.3) is 0 Å². The SMILES string of the molecule is CCOc1ccc(CC(=O)NCc2ccc(N3CCN(C)CC3)cc2)cc1. The topological polar surface area (TPSA) is 44.8 Å². The second-order valence-electron chi connectivity index (χ2n) is 6.99. The lowest BCUT2D eigenvalue weighted by atomic mass is 10.1. The molecule has 0 atom stereocenters. The van der Waals surface area contributed by atoms with Gasteiger partial charge >= 0.3 is 0 Å². The molecule has 5 nitrogen and oxygen atoms in total. The molecule has 2 aromatic rings. The van der Waals surface area contributed by atoms with E-state index in [9.17, 15) is 4.79 Å². The van der Waals surface area contributed by atoms with Crippen LogP contribution in [-0.4, -0.2) is 50.6 Å². The second-order valence-corrected chi connectivity index (χ2v) is 6.99. The van der Waals surface area contributed by atoms with E-state index in [1.807, 2.05) is 31.2 Å². The Bertz CT molecular complexity index is 720. The lowest BCUT2D eigenvalue weighted by Crippen LogP contribution is -2.44. The molecule has 1 aliphatic rings. The van der Waals surface area contributed by atoms with E-state index in [4.69, 9.17) is 4.74 Å². The van der Waals surface area contributed by atoms with Crippen LogP contribution in [0.25, 0.3) is 0 Å². The Morgan fingerprint density at radius 3 is 2.22 bits per heavy atom. The molecular formula is C22H29N3O2. The number of ether oxygens (including phenoxy) is 1. The Hall–Kier alpha value is -2.53. The van der Waals surface area contributed by atoms with E-state index in [2.05, 4.69) is 46.4 Å². The predicted octanol–water partition coefficient (Wildman–Crippen LogP) is 2.70. The van der Waals surface area contributed by atoms with Gasteiger partial charge < -0.3 is 19.9 Å². The Labute approximate surface area is 161 Å². The zero-order chi connectivity index (χ0) is 19.1. The van der Waals surface area contributed by atoms with Crippen LogP contribution in [-0.2, 0) is 17.8 Å². The van der Waals surface area contributed by atoms with Crippen LogP contribution in [0.5, 0.6) is 5.75 Å². The van der Waals surface area contributed by atoms with Crippen molar-refractivity contribution >= 4 is 11.6 Å². The third kappa shape index (κ3) is 5.73. The summed E-state index contributed by atoms with van der Waals surface area (Å²) in [6.45, 7) is 7.49. The summed E-state index contributed by atoms with van der Waals surface area (Å²) < 4.78 is 5.42. The van der Waals surface area contributed by atoms with E-state index in [1.165, 1.54) is 5.69 Å². The van der Waals surface area contributed by atoms with Crippen molar-refractivity contribution in [2.24, 2.45) is 0 Å². The maximum absolute atomic E-state index is 12.2. The van der Waals surface area contributed by atoms with Gasteiger partial charge in [-0.1, -0.05) is 24.3 Å². The van der Waals surface area contributed by atoms with Gasteiger partial charge in [-0.25, -0.2) is 0 Å². The summed E-state index contributed by atoms with van der Waals surface area (Å²) >= 11 is 0. The van der Waals surface area contributed by atoms with E-state index in [0.717, 1.165) is 43.1 Å². The average Bonchev–Trinajstić information content (AvgIpc) is 2.69. The first kappa shape index (κ1) is 19.2. The number of carbonyl (C=O) groups is 1. The third-order valence-electron chi connectivity index (χ3n) is 4.89. The molecule has 1 saturated heterocycles. The number of benzene rings is 2. The highest BCUT2D eigenvalue weighted by Gasteiger charge is 2.14. The van der Waals surface area contributed by atoms with Crippen molar-refractivity contribution in [1.82, 2.24) is 10.2 Å². The van der Waals surface area contributed by atoms with Gasteiger partial charge in [-0.05, 0) is 49.4 Å². The smallest absolute Gasteiger partial charge is 0.224 e. The van der Waals surface area contributed by atoms with E-state index >= 15 is 0 Å². The monoisotopic (exact) mass is 367 g/mol. The molecular weight excluding hydrogens is 338 g/mol. The molecule has 1 N–H and O–H groups in total. The molecule has 3 rings (SSSR count). The minimum atomic E-state index is 0.0299. The normalized spacial score (nSPS) is 14.8. The third-order valence-corrected chi connectivity index (χ3v) is 4.89. The van der Waals surface area contributed by atoms with Crippen molar-refractivity contribution in [1.29, 1.82) is 0 Å². The molecule has 144 valence electrons. The molecule has 0 saturated carbocycles. The van der Waals surface area contributed by atoms with Gasteiger partial charge in [-0.15, -0.1) is 0 Å². The van der Waals surface area contributed by atoms with Gasteiger partial charge in [-0.3, -0.25) is 4.79 Å². The van der Waals surface area contributed by atoms with Crippen molar-refractivity contribution in [2.75, 3.05) is 44.7 Å². The van der Waals surface area contributed by atoms with Crippen LogP contribution >= 0.6 is 0 Å². The summed E-state index contributed by atoms with van der Waals surface area (Å²) in [5, 5.41) is 3.00. The van der Waals surface area contributed by atoms with E-state index < -0.39 is 0 Å². The molecule has 0 unspecified atom stereocenters. The first-order valence-corrected chi connectivity index (χ1v) is 9.65. The first-order valence-electron chi connectivity index (χ1n) is 9.65. The molecule has 0 aliphatic carbocycles. The molecule has 1 aliphatic heterocycles. The number of likely N-dealkylation sites (N-methyl/N-ethyl adjacent to an activating group) is 1. The predicted molar refractivity (Wildman–Crippen MR) is 109 cm³/mol. The summed E-state index contributed by atoms with van der Waals surface area (Å²) in [4.78, 5) is 16.9. The molecule has 0 aromatic heterocycles. The summed E-state index contributed by atoms with van der Waals surface area (Å²) in [6.07, 6.45) is 0.381. The summed E-state index contributed by atoms with van der Waals surface area (Å²) in [5.74, 6) is 0.865. The van der Waals surface area contributed by atoms with Crippen LogP contribution in [0.1, 0.15) is 18.1 Å². The maximum atomic E-state index is 12.2. The molecule has 5 heteroatoms. The highest BCUT2D eigenvalue weighted by molar-refractivity contribution is 5.78. The number of carbonyl (C=O) groups excluding carboxylic acids is 1. The molecule has 0 spiro atoms. The maximum Gasteiger partial charge on any atom is 0.224 e. The number of nitrogens with one attached hydrogen (secondary N) is 1. The van der Waals surface area contributed by atoms with Crippen molar-refractivity contribution in [3.8, 4) is 5.75 Å². The summed E-state index contributed by atoms with van der Waals surface area (Å²) in [7, 11) is 2.16. The number of hydrogen-bond acceptors (Lipinski definition) is 4. The highest BCUT2D eigenvalue weighted by atomic mass is 16.5. The second kappa shape index (κ2) is 9.42. The Balaban J connectivity index is 1.45. The molecule has 1 amide bonds. The number of amides is 1. The standard InChI is InChI=1S/C22H29N3O2/c1-3-27-21-10-6-18(7-11-21)16-22(26)23-17-19-4-8-20(9-5-19)25-14-12-24(2)13-15-25/h4-11H,3,12-17H2,1-2H3,(H,23,26). The zero-order valence-electron chi connectivity index (χ0n) is 16.3. The number of nitrogens with zero attached hydrogens (tertiary/aromatic N) is 2. The van der Waals surface area contributed by atoms with Gasteiger partial charge in [0, 0.05) is 38.4 Å². The van der Waals surface area contributed by atoms with Crippen molar-refractivity contribution < 1.29 is 9.53 Å². The first-order chi connectivity index (χ1) is 13.1. The van der Waals surface area contributed by atoms with Gasteiger partial charge in [-0.2, -0.15) is 0 Å². The van der Waals surface area contributed by atoms with Gasteiger partial charge in [0.15, 0.2) is 0 Å². The fourth-order valence-electron chi connectivity index (χ4n) is 3.21. The van der Waals surface area contributed by atoms with Gasteiger partial charge in [0.2, 0.25) is 5.91 Å². The van der Waals surface area contributed by atoms with Crippen LogP contribution < -0.4 is 15.0 Å².